The normalized spacial score (nSPS) is 18.1. The van der Waals surface area contributed by atoms with E-state index in [0.29, 0.717) is 6.54 Å². The molecule has 0 spiro atoms. The predicted molar refractivity (Wildman–Crippen MR) is 118 cm³/mol. The minimum atomic E-state index is -0.740. The maximum atomic E-state index is 13.0. The van der Waals surface area contributed by atoms with Crippen LogP contribution in [0.25, 0.3) is 5.76 Å². The third-order valence-electron chi connectivity index (χ3n) is 5.13. The lowest BCUT2D eigenvalue weighted by Crippen LogP contribution is -2.30. The summed E-state index contributed by atoms with van der Waals surface area (Å²) < 4.78 is 5.33. The second-order valence-corrected chi connectivity index (χ2v) is 7.92. The third-order valence-corrected chi connectivity index (χ3v) is 5.62. The molecule has 2 aromatic carbocycles. The highest BCUT2D eigenvalue weighted by Gasteiger charge is 2.46. The van der Waals surface area contributed by atoms with Crippen molar-refractivity contribution in [3.8, 4) is 5.75 Å². The molecule has 0 aromatic heterocycles. The average molecular weight is 448 g/mol. The fraction of sp³-hybridized carbons (Fsp3) is 0.304. The number of ketones is 1. The van der Waals surface area contributed by atoms with Gasteiger partial charge in [0.1, 0.15) is 11.5 Å². The molecule has 0 aliphatic carbocycles. The summed E-state index contributed by atoms with van der Waals surface area (Å²) in [5, 5.41) is 11.6. The zero-order chi connectivity index (χ0) is 21.8. The molecule has 7 heteroatoms. The number of amides is 1. The van der Waals surface area contributed by atoms with Crippen LogP contribution in [0.4, 0.5) is 0 Å². The van der Waals surface area contributed by atoms with E-state index in [0.717, 1.165) is 24.8 Å². The minimum Gasteiger partial charge on any atom is -0.507 e. The summed E-state index contributed by atoms with van der Waals surface area (Å²) in [5.74, 6) is -1.55. The van der Waals surface area contributed by atoms with Crippen LogP contribution in [0.2, 0.25) is 10.0 Å². The number of aliphatic hydroxyl groups excluding tert-OH is 1. The van der Waals surface area contributed by atoms with Crippen molar-refractivity contribution in [1.29, 1.82) is 0 Å². The fourth-order valence-corrected chi connectivity index (χ4v) is 4.28. The first kappa shape index (κ1) is 22.2. The Morgan fingerprint density at radius 1 is 1.13 bits per heavy atom. The molecule has 1 N–H and O–H groups in total. The molecule has 3 rings (SSSR count). The van der Waals surface area contributed by atoms with E-state index in [-0.39, 0.29) is 32.7 Å². The van der Waals surface area contributed by atoms with Gasteiger partial charge in [-0.3, -0.25) is 9.59 Å². The highest BCUT2D eigenvalue weighted by molar-refractivity contribution is 6.46. The van der Waals surface area contributed by atoms with E-state index in [1.807, 2.05) is 30.3 Å². The Morgan fingerprint density at radius 2 is 1.83 bits per heavy atom. The molecule has 1 aliphatic rings. The number of hydrogen-bond acceptors (Lipinski definition) is 4. The Kier molecular flexibility index (Phi) is 7.06. The van der Waals surface area contributed by atoms with Crippen molar-refractivity contribution in [2.75, 3.05) is 13.7 Å². The molecule has 0 bridgehead atoms. The Labute approximate surface area is 185 Å². The number of carbonyl (C=O) groups excluding carboxylic acids is 2. The number of unbranched alkanes of at least 4 members (excludes halogenated alkanes) is 2. The molecule has 1 fully saturated rings. The van der Waals surface area contributed by atoms with E-state index < -0.39 is 17.7 Å². The van der Waals surface area contributed by atoms with Gasteiger partial charge in [0.2, 0.25) is 0 Å². The number of carbonyl (C=O) groups is 2. The van der Waals surface area contributed by atoms with Gasteiger partial charge in [-0.15, -0.1) is 0 Å². The van der Waals surface area contributed by atoms with Gasteiger partial charge in [0, 0.05) is 11.6 Å². The zero-order valence-corrected chi connectivity index (χ0v) is 18.3. The number of aliphatic hydroxyl groups is 1. The molecule has 1 heterocycles. The van der Waals surface area contributed by atoms with Crippen molar-refractivity contribution < 1.29 is 19.4 Å². The largest absolute Gasteiger partial charge is 0.507 e. The van der Waals surface area contributed by atoms with Crippen LogP contribution in [0.5, 0.6) is 5.75 Å². The van der Waals surface area contributed by atoms with Gasteiger partial charge < -0.3 is 14.7 Å². The number of Topliss-reactive ketones (excluding diaryl/α,β-unsaturated/α-hetero) is 1. The number of likely N-dealkylation sites (tertiary alicyclic amines) is 1. The topological polar surface area (TPSA) is 66.8 Å². The smallest absolute Gasteiger partial charge is 0.295 e. The van der Waals surface area contributed by atoms with E-state index in [1.54, 1.807) is 0 Å². The summed E-state index contributed by atoms with van der Waals surface area (Å²) >= 11 is 12.3. The highest BCUT2D eigenvalue weighted by atomic mass is 35.5. The lowest BCUT2D eigenvalue weighted by molar-refractivity contribution is -0.139. The fourth-order valence-electron chi connectivity index (χ4n) is 3.71. The first-order valence-electron chi connectivity index (χ1n) is 9.77. The minimum absolute atomic E-state index is 0.000619. The van der Waals surface area contributed by atoms with Gasteiger partial charge in [-0.1, -0.05) is 73.3 Å². The molecule has 1 aliphatic heterocycles. The Hall–Kier alpha value is -2.50. The molecule has 30 heavy (non-hydrogen) atoms. The first-order valence-corrected chi connectivity index (χ1v) is 10.5. The van der Waals surface area contributed by atoms with Crippen molar-refractivity contribution in [2.45, 2.75) is 32.2 Å². The van der Waals surface area contributed by atoms with E-state index in [9.17, 15) is 14.7 Å². The van der Waals surface area contributed by atoms with Gasteiger partial charge >= 0.3 is 0 Å². The molecule has 2 aromatic rings. The van der Waals surface area contributed by atoms with E-state index in [4.69, 9.17) is 27.9 Å². The van der Waals surface area contributed by atoms with Crippen LogP contribution in [0.15, 0.2) is 48.0 Å². The lowest BCUT2D eigenvalue weighted by Gasteiger charge is -2.25. The van der Waals surface area contributed by atoms with Crippen molar-refractivity contribution in [2.24, 2.45) is 0 Å². The van der Waals surface area contributed by atoms with Crippen LogP contribution in [0, 0.1) is 0 Å². The summed E-state index contributed by atoms with van der Waals surface area (Å²) in [6.45, 7) is 2.49. The average Bonchev–Trinajstić information content (AvgIpc) is 2.98. The summed E-state index contributed by atoms with van der Waals surface area (Å²) in [6, 6.07) is 11.4. The maximum Gasteiger partial charge on any atom is 0.295 e. The summed E-state index contributed by atoms with van der Waals surface area (Å²) in [4.78, 5) is 27.4. The van der Waals surface area contributed by atoms with E-state index in [1.165, 1.54) is 24.1 Å². The zero-order valence-electron chi connectivity index (χ0n) is 16.8. The van der Waals surface area contributed by atoms with Crippen molar-refractivity contribution in [3.63, 3.8) is 0 Å². The van der Waals surface area contributed by atoms with Crippen molar-refractivity contribution >= 4 is 40.7 Å². The molecule has 0 radical (unpaired) electrons. The number of halogens is 2. The molecule has 158 valence electrons. The summed E-state index contributed by atoms with van der Waals surface area (Å²) in [5.41, 5.74) is 0.906. The summed E-state index contributed by atoms with van der Waals surface area (Å²) in [6.07, 6.45) is 2.68. The Bertz CT molecular complexity index is 988. The standard InChI is InChI=1S/C23H23Cl2NO4/c1-3-4-8-11-26-19(14-9-6-5-7-10-14)18(21(28)23(26)29)20(27)16-12-15(24)13-17(25)22(16)30-2/h5-7,9-10,12-13,19,27H,3-4,8,11H2,1-2H3/b20-18+. The number of nitrogens with zero attached hydrogens (tertiary/aromatic N) is 1. The van der Waals surface area contributed by atoms with Gasteiger partial charge in [0.05, 0.1) is 29.3 Å². The number of methoxy groups -OCH3 is 1. The third kappa shape index (κ3) is 4.18. The van der Waals surface area contributed by atoms with Gasteiger partial charge in [-0.25, -0.2) is 0 Å². The van der Waals surface area contributed by atoms with Crippen molar-refractivity contribution in [3.05, 3.63) is 69.2 Å². The highest BCUT2D eigenvalue weighted by Crippen LogP contribution is 2.43. The molecule has 5 nitrogen and oxygen atoms in total. The Morgan fingerprint density at radius 3 is 2.47 bits per heavy atom. The summed E-state index contributed by atoms with van der Waals surface area (Å²) in [7, 11) is 1.41. The number of hydrogen-bond donors (Lipinski definition) is 1. The number of benzene rings is 2. The maximum absolute atomic E-state index is 13.0. The Balaban J connectivity index is 2.20. The monoisotopic (exact) mass is 447 g/mol. The molecule has 1 unspecified atom stereocenters. The first-order chi connectivity index (χ1) is 14.4. The van der Waals surface area contributed by atoms with Gasteiger partial charge in [-0.05, 0) is 24.1 Å². The molecular formula is C23H23Cl2NO4. The molecule has 1 saturated heterocycles. The van der Waals surface area contributed by atoms with E-state index in [2.05, 4.69) is 6.92 Å². The van der Waals surface area contributed by atoms with Crippen LogP contribution in [-0.4, -0.2) is 35.4 Å². The van der Waals surface area contributed by atoms with Gasteiger partial charge in [0.25, 0.3) is 11.7 Å². The van der Waals surface area contributed by atoms with Gasteiger partial charge in [-0.2, -0.15) is 0 Å². The molecular weight excluding hydrogens is 425 g/mol. The molecule has 1 amide bonds. The van der Waals surface area contributed by atoms with Crippen LogP contribution in [-0.2, 0) is 9.59 Å². The van der Waals surface area contributed by atoms with Gasteiger partial charge in [0.15, 0.2) is 0 Å². The lowest BCUT2D eigenvalue weighted by atomic mass is 9.95. The van der Waals surface area contributed by atoms with Crippen LogP contribution >= 0.6 is 23.2 Å². The second-order valence-electron chi connectivity index (χ2n) is 7.08. The molecule has 0 saturated carbocycles. The SMILES string of the molecule is CCCCCN1C(=O)C(=O)/C(=C(/O)c2cc(Cl)cc(Cl)c2OC)C1c1ccccc1. The van der Waals surface area contributed by atoms with Crippen molar-refractivity contribution in [1.82, 2.24) is 4.90 Å². The number of ether oxygens (including phenoxy) is 1. The molecule has 1 atom stereocenters. The number of rotatable bonds is 7. The van der Waals surface area contributed by atoms with E-state index >= 15 is 0 Å². The van der Waals surface area contributed by atoms with Crippen LogP contribution in [0.1, 0.15) is 43.4 Å². The van der Waals surface area contributed by atoms with Crippen LogP contribution in [0.3, 0.4) is 0 Å². The van der Waals surface area contributed by atoms with Crippen LogP contribution < -0.4 is 4.74 Å². The second kappa shape index (κ2) is 9.54. The predicted octanol–water partition coefficient (Wildman–Crippen LogP) is 5.61. The quantitative estimate of drug-likeness (QED) is 0.259.